The molecular formula is C8H19BrN2O6. The molecular weight excluding hydrogens is 300 g/mol. The molecule has 0 bridgehead atoms. The van der Waals surface area contributed by atoms with Gasteiger partial charge in [0.2, 0.25) is 0 Å². The summed E-state index contributed by atoms with van der Waals surface area (Å²) in [6.45, 7) is 1.00. The Morgan fingerprint density at radius 3 is 1.94 bits per heavy atom. The van der Waals surface area contributed by atoms with E-state index in [2.05, 4.69) is 4.74 Å². The van der Waals surface area contributed by atoms with Gasteiger partial charge in [-0.15, -0.1) is 17.0 Å². The zero-order valence-electron chi connectivity index (χ0n) is 9.22. The van der Waals surface area contributed by atoms with Crippen LogP contribution in [0.25, 0.3) is 0 Å². The van der Waals surface area contributed by atoms with E-state index in [4.69, 9.17) is 36.7 Å². The highest BCUT2D eigenvalue weighted by atomic mass is 79.9. The SMILES string of the molecule is Br.CC(=N)N.OC[C@H]1O[C@H](O)[C@H](O)[C@@H](O)[C@@H]1O. The van der Waals surface area contributed by atoms with E-state index in [1.165, 1.54) is 6.92 Å². The Balaban J connectivity index is 0. The van der Waals surface area contributed by atoms with Gasteiger partial charge in [0.1, 0.15) is 24.4 Å². The van der Waals surface area contributed by atoms with Crippen molar-refractivity contribution in [2.75, 3.05) is 6.61 Å². The normalized spacial score (nSPS) is 36.2. The second-order valence-electron chi connectivity index (χ2n) is 3.40. The molecule has 5 atom stereocenters. The van der Waals surface area contributed by atoms with Gasteiger partial charge in [0, 0.05) is 0 Å². The lowest BCUT2D eigenvalue weighted by atomic mass is 10.00. The molecule has 0 saturated carbocycles. The Hall–Kier alpha value is -0.290. The van der Waals surface area contributed by atoms with Crippen molar-refractivity contribution in [3.63, 3.8) is 0 Å². The highest BCUT2D eigenvalue weighted by Gasteiger charge is 2.42. The number of rotatable bonds is 1. The van der Waals surface area contributed by atoms with Crippen LogP contribution in [0.4, 0.5) is 0 Å². The molecule has 8 nitrogen and oxygen atoms in total. The molecule has 0 unspecified atom stereocenters. The van der Waals surface area contributed by atoms with E-state index in [0.29, 0.717) is 0 Å². The van der Waals surface area contributed by atoms with Gasteiger partial charge in [-0.1, -0.05) is 0 Å². The van der Waals surface area contributed by atoms with E-state index in [0.717, 1.165) is 0 Å². The summed E-state index contributed by atoms with van der Waals surface area (Å²) in [5, 5.41) is 50.9. The standard InChI is InChI=1S/C6H12O6.C2H6N2.BrH/c7-1-2-3(8)4(9)5(10)6(11)12-2;1-2(3)4;/h2-11H,1H2;1H3,(H3,3,4);1H/t2-,3-,4+,5-,6+;;/m1../s1. The second kappa shape index (κ2) is 8.75. The van der Waals surface area contributed by atoms with E-state index in [1.807, 2.05) is 0 Å². The molecule has 9 heteroatoms. The average molecular weight is 319 g/mol. The Morgan fingerprint density at radius 1 is 1.18 bits per heavy atom. The van der Waals surface area contributed by atoms with Crippen molar-refractivity contribution in [1.82, 2.24) is 0 Å². The van der Waals surface area contributed by atoms with Crippen molar-refractivity contribution in [3.05, 3.63) is 0 Å². The number of halogens is 1. The number of hydrogen-bond donors (Lipinski definition) is 7. The third kappa shape index (κ3) is 6.27. The summed E-state index contributed by atoms with van der Waals surface area (Å²) in [7, 11) is 0. The van der Waals surface area contributed by atoms with Crippen LogP contribution >= 0.6 is 17.0 Å². The molecule has 17 heavy (non-hydrogen) atoms. The van der Waals surface area contributed by atoms with Crippen molar-refractivity contribution < 1.29 is 30.3 Å². The molecule has 1 rings (SSSR count). The first-order chi connectivity index (χ1) is 7.31. The third-order valence-corrected chi connectivity index (χ3v) is 1.87. The van der Waals surface area contributed by atoms with Crippen LogP contribution in [0.15, 0.2) is 0 Å². The summed E-state index contributed by atoms with van der Waals surface area (Å²) in [6.07, 6.45) is -7.04. The van der Waals surface area contributed by atoms with E-state index in [9.17, 15) is 0 Å². The molecule has 104 valence electrons. The maximum Gasteiger partial charge on any atom is 0.184 e. The van der Waals surface area contributed by atoms with Crippen molar-refractivity contribution >= 4 is 22.8 Å². The molecule has 0 aromatic rings. The molecule has 1 aliphatic rings. The molecule has 1 saturated heterocycles. The van der Waals surface area contributed by atoms with Crippen LogP contribution in [0, 0.1) is 5.41 Å². The molecule has 0 aromatic heterocycles. The van der Waals surface area contributed by atoms with Crippen molar-refractivity contribution in [1.29, 1.82) is 5.41 Å². The first-order valence-corrected chi connectivity index (χ1v) is 4.60. The second-order valence-corrected chi connectivity index (χ2v) is 3.40. The van der Waals surface area contributed by atoms with E-state index in [-0.39, 0.29) is 22.8 Å². The summed E-state index contributed by atoms with van der Waals surface area (Å²) in [5.41, 5.74) is 4.69. The largest absolute Gasteiger partial charge is 0.394 e. The third-order valence-electron chi connectivity index (χ3n) is 1.87. The fourth-order valence-corrected chi connectivity index (χ4v) is 1.08. The number of hydrogen-bond acceptors (Lipinski definition) is 7. The first kappa shape index (κ1) is 19.1. The molecule has 0 aliphatic carbocycles. The molecule has 0 amide bonds. The number of amidine groups is 1. The van der Waals surface area contributed by atoms with E-state index in [1.54, 1.807) is 0 Å². The molecule has 0 spiro atoms. The molecule has 0 aromatic carbocycles. The van der Waals surface area contributed by atoms with Crippen molar-refractivity contribution in [2.45, 2.75) is 37.6 Å². The lowest BCUT2D eigenvalue weighted by Crippen LogP contribution is -2.58. The predicted molar refractivity (Wildman–Crippen MR) is 63.9 cm³/mol. The summed E-state index contributed by atoms with van der Waals surface area (Å²) in [5.74, 6) is 0.167. The minimum atomic E-state index is -1.57. The molecule has 8 N–H and O–H groups in total. The van der Waals surface area contributed by atoms with Gasteiger partial charge in [0.05, 0.1) is 12.4 Å². The van der Waals surface area contributed by atoms with Crippen LogP contribution in [-0.4, -0.2) is 68.7 Å². The predicted octanol–water partition coefficient (Wildman–Crippen LogP) is -2.70. The van der Waals surface area contributed by atoms with Crippen LogP contribution in [0.1, 0.15) is 6.92 Å². The van der Waals surface area contributed by atoms with Crippen molar-refractivity contribution in [3.8, 4) is 0 Å². The van der Waals surface area contributed by atoms with Gasteiger partial charge < -0.3 is 36.0 Å². The van der Waals surface area contributed by atoms with Crippen LogP contribution in [0.2, 0.25) is 0 Å². The molecule has 1 aliphatic heterocycles. The Kier molecular flexibility index (Phi) is 9.81. The van der Waals surface area contributed by atoms with Gasteiger partial charge in [0.15, 0.2) is 6.29 Å². The van der Waals surface area contributed by atoms with Gasteiger partial charge in [-0.25, -0.2) is 0 Å². The quantitative estimate of drug-likeness (QED) is 0.204. The van der Waals surface area contributed by atoms with Gasteiger partial charge in [-0.3, -0.25) is 5.41 Å². The minimum Gasteiger partial charge on any atom is -0.394 e. The number of nitrogens with two attached hydrogens (primary N) is 1. The molecule has 1 fully saturated rings. The smallest absolute Gasteiger partial charge is 0.184 e. The monoisotopic (exact) mass is 318 g/mol. The van der Waals surface area contributed by atoms with Crippen LogP contribution in [0.5, 0.6) is 0 Å². The Morgan fingerprint density at radius 2 is 1.59 bits per heavy atom. The Labute approximate surface area is 109 Å². The number of aliphatic hydroxyl groups excluding tert-OH is 5. The van der Waals surface area contributed by atoms with Crippen LogP contribution in [-0.2, 0) is 4.74 Å². The van der Waals surface area contributed by atoms with Gasteiger partial charge in [0.25, 0.3) is 0 Å². The zero-order chi connectivity index (χ0) is 12.9. The fraction of sp³-hybridized carbons (Fsp3) is 0.875. The van der Waals surface area contributed by atoms with Gasteiger partial charge in [-0.05, 0) is 6.92 Å². The summed E-state index contributed by atoms with van der Waals surface area (Å²) in [4.78, 5) is 0. The van der Waals surface area contributed by atoms with E-state index < -0.39 is 37.3 Å². The van der Waals surface area contributed by atoms with Gasteiger partial charge in [-0.2, -0.15) is 0 Å². The summed E-state index contributed by atoms with van der Waals surface area (Å²) < 4.78 is 4.58. The number of nitrogens with one attached hydrogen (secondary N) is 1. The van der Waals surface area contributed by atoms with Crippen molar-refractivity contribution in [2.24, 2.45) is 5.73 Å². The van der Waals surface area contributed by atoms with Gasteiger partial charge >= 0.3 is 0 Å². The Bertz CT molecular complexity index is 223. The highest BCUT2D eigenvalue weighted by Crippen LogP contribution is 2.18. The minimum absolute atomic E-state index is 0. The average Bonchev–Trinajstić information content (AvgIpc) is 2.19. The molecule has 1 heterocycles. The summed E-state index contributed by atoms with van der Waals surface area (Å²) in [6, 6.07) is 0. The van der Waals surface area contributed by atoms with Crippen LogP contribution < -0.4 is 5.73 Å². The summed E-state index contributed by atoms with van der Waals surface area (Å²) >= 11 is 0. The first-order valence-electron chi connectivity index (χ1n) is 4.60. The zero-order valence-corrected chi connectivity index (χ0v) is 10.9. The lowest BCUT2D eigenvalue weighted by Gasteiger charge is -2.37. The van der Waals surface area contributed by atoms with E-state index >= 15 is 0 Å². The highest BCUT2D eigenvalue weighted by molar-refractivity contribution is 8.93. The maximum absolute atomic E-state index is 9.12. The lowest BCUT2D eigenvalue weighted by molar-refractivity contribution is -0.286. The maximum atomic E-state index is 9.12. The topological polar surface area (TPSA) is 160 Å². The number of aliphatic hydroxyl groups is 5. The fourth-order valence-electron chi connectivity index (χ4n) is 1.08. The number of ether oxygens (including phenoxy) is 1. The molecule has 0 radical (unpaired) electrons. The van der Waals surface area contributed by atoms with Crippen LogP contribution in [0.3, 0.4) is 0 Å².